The molecule has 1 aromatic carbocycles. The maximum atomic E-state index is 12.7. The van der Waals surface area contributed by atoms with E-state index in [-0.39, 0.29) is 23.2 Å². The van der Waals surface area contributed by atoms with Crippen LogP contribution in [0, 0.1) is 0 Å². The Balaban J connectivity index is 2.08. The fourth-order valence-electron chi connectivity index (χ4n) is 2.41. The topological polar surface area (TPSA) is 73.5 Å². The van der Waals surface area contributed by atoms with Crippen LogP contribution in [-0.4, -0.2) is 30.4 Å². The first kappa shape index (κ1) is 14.3. The van der Waals surface area contributed by atoms with Crippen molar-refractivity contribution < 1.29 is 9.59 Å². The zero-order chi connectivity index (χ0) is 15.9. The highest BCUT2D eigenvalue weighted by molar-refractivity contribution is 6.30. The highest BCUT2D eigenvalue weighted by atomic mass is 35.5. The maximum Gasteiger partial charge on any atom is 0.259 e. The lowest BCUT2D eigenvalue weighted by Crippen LogP contribution is -2.46. The van der Waals surface area contributed by atoms with Gasteiger partial charge in [0, 0.05) is 18.7 Å². The van der Waals surface area contributed by atoms with Gasteiger partial charge in [0.25, 0.3) is 5.91 Å². The van der Waals surface area contributed by atoms with Gasteiger partial charge in [-0.15, -0.1) is 0 Å². The molecule has 2 aromatic rings. The van der Waals surface area contributed by atoms with E-state index >= 15 is 0 Å². The number of carbonyl (C=O) groups is 2. The number of hydrogen-bond acceptors (Lipinski definition) is 3. The summed E-state index contributed by atoms with van der Waals surface area (Å²) >= 11 is 5.78. The summed E-state index contributed by atoms with van der Waals surface area (Å²) in [6.07, 6.45) is 0. The molecule has 1 aliphatic rings. The van der Waals surface area contributed by atoms with Crippen LogP contribution in [0.15, 0.2) is 41.2 Å². The number of pyridine rings is 1. The molecule has 112 valence electrons. The van der Waals surface area contributed by atoms with Crippen LogP contribution in [0.25, 0.3) is 0 Å². The van der Waals surface area contributed by atoms with Gasteiger partial charge in [0.2, 0.25) is 11.5 Å². The number of aromatic nitrogens is 1. The zero-order valence-corrected chi connectivity index (χ0v) is 12.4. The molecule has 1 aliphatic heterocycles. The van der Waals surface area contributed by atoms with Crippen molar-refractivity contribution in [3.63, 3.8) is 0 Å². The van der Waals surface area contributed by atoms with Crippen molar-refractivity contribution in [2.45, 2.75) is 0 Å². The van der Waals surface area contributed by atoms with E-state index < -0.39 is 11.5 Å². The smallest absolute Gasteiger partial charge is 0.259 e. The number of H-pyrrole nitrogens is 1. The number of benzene rings is 1. The van der Waals surface area contributed by atoms with Crippen molar-refractivity contribution >= 4 is 34.8 Å². The van der Waals surface area contributed by atoms with E-state index in [0.29, 0.717) is 11.4 Å². The van der Waals surface area contributed by atoms with Gasteiger partial charge in [-0.2, -0.15) is 0 Å². The number of hydrogen-bond donors (Lipinski definition) is 1. The van der Waals surface area contributed by atoms with Crippen molar-refractivity contribution in [1.29, 1.82) is 0 Å². The van der Waals surface area contributed by atoms with Crippen molar-refractivity contribution in [3.05, 3.63) is 57.5 Å². The summed E-state index contributed by atoms with van der Waals surface area (Å²) in [6.45, 7) is -0.0865. The van der Waals surface area contributed by atoms with Crippen LogP contribution in [0.3, 0.4) is 0 Å². The third-order valence-electron chi connectivity index (χ3n) is 3.50. The lowest BCUT2D eigenvalue weighted by atomic mass is 10.1. The van der Waals surface area contributed by atoms with Crippen LogP contribution in [0.2, 0.25) is 5.15 Å². The summed E-state index contributed by atoms with van der Waals surface area (Å²) in [4.78, 5) is 41.4. The molecule has 2 amide bonds. The van der Waals surface area contributed by atoms with Crippen molar-refractivity contribution in [1.82, 2.24) is 4.98 Å². The van der Waals surface area contributed by atoms with Crippen molar-refractivity contribution in [2.24, 2.45) is 0 Å². The number of likely N-dealkylation sites (N-methyl/N-ethyl adjacent to an activating group) is 1. The Morgan fingerprint density at radius 3 is 2.55 bits per heavy atom. The third-order valence-corrected chi connectivity index (χ3v) is 3.71. The predicted molar refractivity (Wildman–Crippen MR) is 83.6 cm³/mol. The Morgan fingerprint density at radius 2 is 1.86 bits per heavy atom. The molecule has 0 aliphatic carbocycles. The van der Waals surface area contributed by atoms with E-state index in [1.807, 2.05) is 0 Å². The fraction of sp³-hybridized carbons (Fsp3) is 0.133. The number of rotatable bonds is 1. The maximum absolute atomic E-state index is 12.7. The Bertz CT molecular complexity index is 831. The standard InChI is InChI=1S/C15H12ClN3O3/c1-18-10-4-2-3-5-11(10)19(8-14(18)21)15(22)9-6-12(16)17-13(20)7-9/h2-7H,8H2,1H3,(H,17,20). The number of anilines is 2. The van der Waals surface area contributed by atoms with E-state index in [2.05, 4.69) is 4.98 Å². The van der Waals surface area contributed by atoms with Crippen molar-refractivity contribution in [2.75, 3.05) is 23.4 Å². The minimum Gasteiger partial charge on any atom is -0.313 e. The van der Waals surface area contributed by atoms with Gasteiger partial charge >= 0.3 is 0 Å². The normalized spacial score (nSPS) is 14.0. The molecule has 2 heterocycles. The molecular formula is C15H12ClN3O3. The molecule has 22 heavy (non-hydrogen) atoms. The van der Waals surface area contributed by atoms with Crippen LogP contribution in [-0.2, 0) is 4.79 Å². The number of aromatic amines is 1. The molecule has 0 fully saturated rings. The molecule has 0 bridgehead atoms. The van der Waals surface area contributed by atoms with Gasteiger partial charge in [-0.05, 0) is 18.2 Å². The summed E-state index contributed by atoms with van der Waals surface area (Å²) in [7, 11) is 1.66. The van der Waals surface area contributed by atoms with Gasteiger partial charge in [0.15, 0.2) is 0 Å². The number of nitrogens with one attached hydrogen (secondary N) is 1. The first-order valence-corrected chi connectivity index (χ1v) is 6.92. The number of halogens is 1. The molecule has 6 nitrogen and oxygen atoms in total. The third kappa shape index (κ3) is 2.37. The highest BCUT2D eigenvalue weighted by Crippen LogP contribution is 2.33. The minimum absolute atomic E-state index is 0.0737. The highest BCUT2D eigenvalue weighted by Gasteiger charge is 2.31. The average Bonchev–Trinajstić information content (AvgIpc) is 2.49. The monoisotopic (exact) mass is 317 g/mol. The Kier molecular flexibility index (Phi) is 3.46. The Morgan fingerprint density at radius 1 is 1.18 bits per heavy atom. The predicted octanol–water partition coefficient (Wildman–Crippen LogP) is 1.65. The first-order valence-electron chi connectivity index (χ1n) is 6.54. The van der Waals surface area contributed by atoms with Gasteiger partial charge in [-0.3, -0.25) is 19.3 Å². The van der Waals surface area contributed by atoms with Crippen LogP contribution in [0.4, 0.5) is 11.4 Å². The molecule has 1 aromatic heterocycles. The molecule has 0 unspecified atom stereocenters. The summed E-state index contributed by atoms with van der Waals surface area (Å²) in [5.41, 5.74) is 0.930. The zero-order valence-electron chi connectivity index (χ0n) is 11.7. The Labute approximate surface area is 130 Å². The average molecular weight is 318 g/mol. The van der Waals surface area contributed by atoms with Crippen LogP contribution in [0.1, 0.15) is 10.4 Å². The summed E-state index contributed by atoms with van der Waals surface area (Å²) in [5.74, 6) is -0.648. The number of amides is 2. The van der Waals surface area contributed by atoms with E-state index in [0.717, 1.165) is 0 Å². The fourth-order valence-corrected chi connectivity index (χ4v) is 2.62. The second-order valence-electron chi connectivity index (χ2n) is 4.91. The molecule has 0 radical (unpaired) electrons. The lowest BCUT2D eigenvalue weighted by Gasteiger charge is -2.34. The molecule has 0 atom stereocenters. The van der Waals surface area contributed by atoms with Crippen LogP contribution in [0.5, 0.6) is 0 Å². The molecule has 1 N–H and O–H groups in total. The van der Waals surface area contributed by atoms with E-state index in [1.54, 1.807) is 31.3 Å². The van der Waals surface area contributed by atoms with E-state index in [4.69, 9.17) is 11.6 Å². The van der Waals surface area contributed by atoms with Gasteiger partial charge in [0.1, 0.15) is 11.7 Å². The molecule has 0 spiro atoms. The SMILES string of the molecule is CN1C(=O)CN(C(=O)c2cc(Cl)[nH]c(=O)c2)c2ccccc21. The molecule has 0 saturated carbocycles. The quantitative estimate of drug-likeness (QED) is 0.813. The number of para-hydroxylation sites is 2. The largest absolute Gasteiger partial charge is 0.313 e. The Hall–Kier alpha value is -2.60. The first-order chi connectivity index (χ1) is 10.5. The van der Waals surface area contributed by atoms with E-state index in [9.17, 15) is 14.4 Å². The summed E-state index contributed by atoms with van der Waals surface area (Å²) in [6, 6.07) is 9.63. The summed E-state index contributed by atoms with van der Waals surface area (Å²) in [5, 5.41) is 0.0737. The lowest BCUT2D eigenvalue weighted by molar-refractivity contribution is -0.117. The number of fused-ring (bicyclic) bond motifs is 1. The molecular weight excluding hydrogens is 306 g/mol. The number of carbonyl (C=O) groups excluding carboxylic acids is 2. The molecule has 3 rings (SSSR count). The minimum atomic E-state index is -0.468. The number of nitrogens with zero attached hydrogens (tertiary/aromatic N) is 2. The van der Waals surface area contributed by atoms with Gasteiger partial charge in [-0.1, -0.05) is 23.7 Å². The van der Waals surface area contributed by atoms with Gasteiger partial charge in [-0.25, -0.2) is 0 Å². The van der Waals surface area contributed by atoms with Gasteiger partial charge in [0.05, 0.1) is 11.4 Å². The molecule has 7 heteroatoms. The summed E-state index contributed by atoms with van der Waals surface area (Å²) < 4.78 is 0. The second-order valence-corrected chi connectivity index (χ2v) is 5.32. The second kappa shape index (κ2) is 5.31. The molecule has 0 saturated heterocycles. The van der Waals surface area contributed by atoms with Crippen LogP contribution >= 0.6 is 11.6 Å². The van der Waals surface area contributed by atoms with Gasteiger partial charge < -0.3 is 9.88 Å². The van der Waals surface area contributed by atoms with Crippen LogP contribution < -0.4 is 15.4 Å². The van der Waals surface area contributed by atoms with Crippen molar-refractivity contribution in [3.8, 4) is 0 Å². The van der Waals surface area contributed by atoms with E-state index in [1.165, 1.54) is 21.9 Å².